The summed E-state index contributed by atoms with van der Waals surface area (Å²) in [5.74, 6) is 2.95. The summed E-state index contributed by atoms with van der Waals surface area (Å²) in [4.78, 5) is 0. The fraction of sp³-hybridized carbons (Fsp3) is 0.538. The lowest BCUT2D eigenvalue weighted by molar-refractivity contribution is -0.00518. The Hall–Kier alpha value is -2.14. The van der Waals surface area contributed by atoms with Crippen LogP contribution in [0.15, 0.2) is 35.4 Å². The molecular weight excluding hydrogens is 400 g/mol. The van der Waals surface area contributed by atoms with E-state index in [2.05, 4.69) is 64.6 Å². The summed E-state index contributed by atoms with van der Waals surface area (Å²) in [5.41, 5.74) is 9.68. The molecule has 4 aliphatic rings. The third-order valence-electron chi connectivity index (χ3n) is 7.95. The van der Waals surface area contributed by atoms with Gasteiger partial charge in [0, 0.05) is 29.2 Å². The molecule has 1 heterocycles. The van der Waals surface area contributed by atoms with E-state index in [9.17, 15) is 0 Å². The smallest absolute Gasteiger partial charge is 0.186 e. The van der Waals surface area contributed by atoms with Gasteiger partial charge in [-0.3, -0.25) is 5.43 Å². The largest absolute Gasteiger partial charge is 0.362 e. The highest BCUT2D eigenvalue weighted by Gasteiger charge is 2.51. The van der Waals surface area contributed by atoms with Crippen molar-refractivity contribution in [1.29, 1.82) is 0 Å². The van der Waals surface area contributed by atoms with E-state index in [0.717, 1.165) is 29.9 Å². The second kappa shape index (κ2) is 8.09. The Balaban J connectivity index is 1.36. The van der Waals surface area contributed by atoms with Gasteiger partial charge < -0.3 is 9.88 Å². The fourth-order valence-corrected chi connectivity index (χ4v) is 7.30. The second-order valence-electron chi connectivity index (χ2n) is 10.1. The standard InChI is InChI=1S/C26H34N4S/c1-4-27-25(31)29-28-16-22-9-17(2)30(18(22)3)24-7-5-23(6-8-24)26-13-19-10-20(14-26)12-21(11-19)15-26/h5-9,16,19-21H,4,10-15H2,1-3H3,(H2,27,29,31). The maximum absolute atomic E-state index is 5.17. The van der Waals surface area contributed by atoms with E-state index < -0.39 is 0 Å². The first kappa shape index (κ1) is 20.7. The maximum atomic E-state index is 5.17. The minimum absolute atomic E-state index is 0.461. The third-order valence-corrected chi connectivity index (χ3v) is 8.19. The van der Waals surface area contributed by atoms with Crippen molar-refractivity contribution in [2.24, 2.45) is 22.9 Å². The predicted octanol–water partition coefficient (Wildman–Crippen LogP) is 5.38. The summed E-state index contributed by atoms with van der Waals surface area (Å²) in [5, 5.41) is 7.89. The van der Waals surface area contributed by atoms with Crippen molar-refractivity contribution in [3.63, 3.8) is 0 Å². The van der Waals surface area contributed by atoms with E-state index in [4.69, 9.17) is 12.2 Å². The van der Waals surface area contributed by atoms with Crippen LogP contribution < -0.4 is 10.7 Å². The maximum Gasteiger partial charge on any atom is 0.186 e. The van der Waals surface area contributed by atoms with Gasteiger partial charge in [-0.2, -0.15) is 5.10 Å². The molecule has 0 spiro atoms. The molecule has 2 N–H and O–H groups in total. The number of aryl methyl sites for hydroxylation is 1. The van der Waals surface area contributed by atoms with Gasteiger partial charge in [-0.25, -0.2) is 0 Å². The summed E-state index contributed by atoms with van der Waals surface area (Å²) >= 11 is 5.17. The Morgan fingerprint density at radius 1 is 1.10 bits per heavy atom. The topological polar surface area (TPSA) is 41.4 Å². The van der Waals surface area contributed by atoms with Gasteiger partial charge in [-0.1, -0.05) is 12.1 Å². The van der Waals surface area contributed by atoms with Crippen LogP contribution >= 0.6 is 12.2 Å². The first-order chi connectivity index (χ1) is 15.0. The van der Waals surface area contributed by atoms with Crippen molar-refractivity contribution in [3.8, 4) is 5.69 Å². The van der Waals surface area contributed by atoms with Gasteiger partial charge >= 0.3 is 0 Å². The van der Waals surface area contributed by atoms with Gasteiger partial charge in [0.1, 0.15) is 0 Å². The second-order valence-corrected chi connectivity index (χ2v) is 10.5. The molecule has 0 saturated heterocycles. The van der Waals surface area contributed by atoms with Crippen LogP contribution in [0.3, 0.4) is 0 Å². The summed E-state index contributed by atoms with van der Waals surface area (Å²) in [6.07, 6.45) is 10.6. The fourth-order valence-electron chi connectivity index (χ4n) is 7.10. The van der Waals surface area contributed by atoms with Gasteiger partial charge in [0.2, 0.25) is 0 Å². The molecule has 0 amide bonds. The Kier molecular flexibility index (Phi) is 5.41. The Bertz CT molecular complexity index is 966. The van der Waals surface area contributed by atoms with Gasteiger partial charge in [-0.05, 0) is 118 Å². The zero-order chi connectivity index (χ0) is 21.6. The highest BCUT2D eigenvalue weighted by Crippen LogP contribution is 2.60. The monoisotopic (exact) mass is 434 g/mol. The SMILES string of the molecule is CCNC(=S)NN=Cc1cc(C)n(-c2ccc(C34CC5CC(CC(C5)C3)C4)cc2)c1C. The highest BCUT2D eigenvalue weighted by atomic mass is 32.1. The zero-order valence-corrected chi connectivity index (χ0v) is 19.8. The van der Waals surface area contributed by atoms with Crippen LogP contribution in [0.1, 0.15) is 68.0 Å². The summed E-state index contributed by atoms with van der Waals surface area (Å²) in [6, 6.07) is 11.7. The van der Waals surface area contributed by atoms with Gasteiger partial charge in [0.05, 0.1) is 6.21 Å². The average Bonchev–Trinajstić information content (AvgIpc) is 3.00. The van der Waals surface area contributed by atoms with Crippen molar-refractivity contribution in [2.75, 3.05) is 6.54 Å². The summed E-state index contributed by atoms with van der Waals surface area (Å²) in [7, 11) is 0. The normalized spacial score (nSPS) is 28.9. The molecule has 0 atom stereocenters. The number of nitrogens with one attached hydrogen (secondary N) is 2. The Morgan fingerprint density at radius 2 is 1.71 bits per heavy atom. The number of hydrogen-bond donors (Lipinski definition) is 2. The van der Waals surface area contributed by atoms with E-state index in [1.54, 1.807) is 5.56 Å². The average molecular weight is 435 g/mol. The van der Waals surface area contributed by atoms with E-state index >= 15 is 0 Å². The van der Waals surface area contributed by atoms with Gasteiger partial charge in [0.15, 0.2) is 5.11 Å². The number of benzene rings is 1. The van der Waals surface area contributed by atoms with Gasteiger partial charge in [-0.15, -0.1) is 0 Å². The van der Waals surface area contributed by atoms with Crippen molar-refractivity contribution in [3.05, 3.63) is 52.8 Å². The van der Waals surface area contributed by atoms with Crippen LogP contribution in [-0.2, 0) is 5.41 Å². The Labute approximate surface area is 191 Å². The van der Waals surface area contributed by atoms with E-state index in [-0.39, 0.29) is 0 Å². The molecule has 2 aromatic rings. The molecule has 1 aromatic heterocycles. The molecule has 4 saturated carbocycles. The van der Waals surface area contributed by atoms with E-state index in [1.807, 2.05) is 13.1 Å². The molecule has 4 aliphatic carbocycles. The van der Waals surface area contributed by atoms with Crippen molar-refractivity contribution in [2.45, 2.75) is 64.7 Å². The molecule has 1 aromatic carbocycles. The zero-order valence-electron chi connectivity index (χ0n) is 18.9. The highest BCUT2D eigenvalue weighted by molar-refractivity contribution is 7.80. The number of aromatic nitrogens is 1. The van der Waals surface area contributed by atoms with Crippen LogP contribution in [0.5, 0.6) is 0 Å². The minimum Gasteiger partial charge on any atom is -0.362 e. The molecule has 0 radical (unpaired) electrons. The first-order valence-electron chi connectivity index (χ1n) is 11.8. The molecule has 6 rings (SSSR count). The van der Waals surface area contributed by atoms with Gasteiger partial charge in [0.25, 0.3) is 0 Å². The lowest BCUT2D eigenvalue weighted by Crippen LogP contribution is -2.48. The number of hydrogen-bond acceptors (Lipinski definition) is 2. The van der Waals surface area contributed by atoms with Crippen LogP contribution in [0, 0.1) is 31.6 Å². The predicted molar refractivity (Wildman–Crippen MR) is 132 cm³/mol. The number of thiocarbonyl (C=S) groups is 1. The molecule has 5 heteroatoms. The number of hydrazone groups is 1. The molecule has 4 bridgehead atoms. The molecule has 0 aliphatic heterocycles. The number of rotatable bonds is 5. The minimum atomic E-state index is 0.461. The Morgan fingerprint density at radius 3 is 2.29 bits per heavy atom. The summed E-state index contributed by atoms with van der Waals surface area (Å²) in [6.45, 7) is 7.12. The van der Waals surface area contributed by atoms with E-state index in [0.29, 0.717) is 10.5 Å². The molecule has 4 nitrogen and oxygen atoms in total. The molecule has 4 fully saturated rings. The third kappa shape index (κ3) is 3.82. The molecule has 164 valence electrons. The lowest BCUT2D eigenvalue weighted by atomic mass is 9.48. The van der Waals surface area contributed by atoms with Crippen LogP contribution in [0.2, 0.25) is 0 Å². The number of nitrogens with zero attached hydrogens (tertiary/aromatic N) is 2. The molecule has 0 unspecified atom stereocenters. The van der Waals surface area contributed by atoms with Crippen molar-refractivity contribution < 1.29 is 0 Å². The molecular formula is C26H34N4S. The lowest BCUT2D eigenvalue weighted by Gasteiger charge is -2.57. The van der Waals surface area contributed by atoms with Crippen molar-refractivity contribution in [1.82, 2.24) is 15.3 Å². The van der Waals surface area contributed by atoms with E-state index in [1.165, 1.54) is 55.6 Å². The first-order valence-corrected chi connectivity index (χ1v) is 12.2. The van der Waals surface area contributed by atoms with Crippen LogP contribution in [0.25, 0.3) is 5.69 Å². The quantitative estimate of drug-likeness (QED) is 0.377. The van der Waals surface area contributed by atoms with Crippen molar-refractivity contribution >= 4 is 23.5 Å². The molecule has 31 heavy (non-hydrogen) atoms. The van der Waals surface area contributed by atoms with Crippen LogP contribution in [-0.4, -0.2) is 22.4 Å². The summed E-state index contributed by atoms with van der Waals surface area (Å²) < 4.78 is 2.33. The van der Waals surface area contributed by atoms with Crippen LogP contribution in [0.4, 0.5) is 0 Å².